The van der Waals surface area contributed by atoms with E-state index in [1.54, 1.807) is 12.1 Å². The Morgan fingerprint density at radius 1 is 1.04 bits per heavy atom. The molecule has 1 aromatic carbocycles. The first-order valence-electron chi connectivity index (χ1n) is 8.55. The number of benzene rings is 1. The zero-order valence-electron chi connectivity index (χ0n) is 14.9. The fraction of sp³-hybridized carbons (Fsp3) is 0.667. The topological polar surface area (TPSA) is 27.7 Å². The van der Waals surface area contributed by atoms with Crippen LogP contribution in [0.1, 0.15) is 60.3 Å². The van der Waals surface area contributed by atoms with Crippen LogP contribution in [0.5, 0.6) is 5.75 Å². The molecule has 1 saturated heterocycles. The van der Waals surface area contributed by atoms with Crippen LogP contribution in [0.3, 0.4) is 0 Å². The number of unbranched alkanes of at least 4 members (excludes halogenated alkanes) is 3. The highest BCUT2D eigenvalue weighted by Crippen LogP contribution is 2.36. The standard InChI is InChI=1S/C18H28BFO3/c1-6-7-8-9-12-21-14-10-11-15(16(20)13-14)19-22-17(2,3)18(4,5)23-19/h10-11,13H,6-9,12H2,1-5H3. The Kier molecular flexibility index (Phi) is 5.74. The van der Waals surface area contributed by atoms with E-state index < -0.39 is 18.3 Å². The number of halogens is 1. The van der Waals surface area contributed by atoms with Gasteiger partial charge in [-0.05, 0) is 40.2 Å². The molecular weight excluding hydrogens is 294 g/mol. The molecule has 1 fully saturated rings. The predicted octanol–water partition coefficient (Wildman–Crippen LogP) is 4.08. The van der Waals surface area contributed by atoms with E-state index in [1.165, 1.54) is 18.9 Å². The van der Waals surface area contributed by atoms with E-state index in [0.29, 0.717) is 17.8 Å². The van der Waals surface area contributed by atoms with Crippen molar-refractivity contribution in [3.63, 3.8) is 0 Å². The molecule has 1 aromatic rings. The first-order chi connectivity index (χ1) is 10.8. The summed E-state index contributed by atoms with van der Waals surface area (Å²) < 4.78 is 31.8. The third-order valence-electron chi connectivity index (χ3n) is 4.75. The molecular formula is C18H28BFO3. The normalized spacial score (nSPS) is 19.1. The molecule has 0 aromatic heterocycles. The summed E-state index contributed by atoms with van der Waals surface area (Å²) >= 11 is 0. The molecule has 23 heavy (non-hydrogen) atoms. The van der Waals surface area contributed by atoms with Gasteiger partial charge in [-0.15, -0.1) is 0 Å². The van der Waals surface area contributed by atoms with Crippen LogP contribution in [-0.2, 0) is 9.31 Å². The van der Waals surface area contributed by atoms with Crippen LogP contribution in [0, 0.1) is 5.82 Å². The molecule has 0 aliphatic carbocycles. The van der Waals surface area contributed by atoms with E-state index in [9.17, 15) is 4.39 Å². The van der Waals surface area contributed by atoms with Crippen molar-refractivity contribution in [2.24, 2.45) is 0 Å². The van der Waals surface area contributed by atoms with Gasteiger partial charge in [0.05, 0.1) is 17.8 Å². The quantitative estimate of drug-likeness (QED) is 0.559. The Bertz CT molecular complexity index is 515. The van der Waals surface area contributed by atoms with E-state index in [0.717, 1.165) is 12.8 Å². The summed E-state index contributed by atoms with van der Waals surface area (Å²) in [5.74, 6) is 0.203. The van der Waals surface area contributed by atoms with Crippen molar-refractivity contribution in [1.82, 2.24) is 0 Å². The van der Waals surface area contributed by atoms with Gasteiger partial charge >= 0.3 is 7.12 Å². The Balaban J connectivity index is 1.98. The SMILES string of the molecule is CCCCCCOc1ccc(B2OC(C)(C)C(C)(C)O2)c(F)c1. The van der Waals surface area contributed by atoms with E-state index >= 15 is 0 Å². The summed E-state index contributed by atoms with van der Waals surface area (Å²) in [6.07, 6.45) is 4.54. The lowest BCUT2D eigenvalue weighted by atomic mass is 9.78. The van der Waals surface area contributed by atoms with Gasteiger partial charge < -0.3 is 14.0 Å². The van der Waals surface area contributed by atoms with Gasteiger partial charge in [0.1, 0.15) is 11.6 Å². The minimum Gasteiger partial charge on any atom is -0.493 e. The van der Waals surface area contributed by atoms with Gasteiger partial charge in [-0.1, -0.05) is 32.3 Å². The molecule has 5 heteroatoms. The zero-order valence-corrected chi connectivity index (χ0v) is 14.9. The fourth-order valence-corrected chi connectivity index (χ4v) is 2.48. The van der Waals surface area contributed by atoms with Gasteiger partial charge in [0.25, 0.3) is 0 Å². The monoisotopic (exact) mass is 322 g/mol. The first-order valence-corrected chi connectivity index (χ1v) is 8.55. The molecule has 0 radical (unpaired) electrons. The molecule has 1 aliphatic rings. The van der Waals surface area contributed by atoms with Gasteiger partial charge in [-0.3, -0.25) is 0 Å². The van der Waals surface area contributed by atoms with Crippen molar-refractivity contribution in [1.29, 1.82) is 0 Å². The number of hydrogen-bond donors (Lipinski definition) is 0. The molecule has 128 valence electrons. The molecule has 0 amide bonds. The van der Waals surface area contributed by atoms with Crippen LogP contribution < -0.4 is 10.2 Å². The molecule has 1 aliphatic heterocycles. The minimum atomic E-state index is -0.682. The number of rotatable bonds is 7. The second kappa shape index (κ2) is 7.22. The van der Waals surface area contributed by atoms with Gasteiger partial charge in [-0.2, -0.15) is 0 Å². The highest BCUT2D eigenvalue weighted by molar-refractivity contribution is 6.62. The smallest absolute Gasteiger partial charge is 0.493 e. The van der Waals surface area contributed by atoms with Crippen molar-refractivity contribution in [2.45, 2.75) is 71.5 Å². The van der Waals surface area contributed by atoms with Gasteiger partial charge in [0.2, 0.25) is 0 Å². The summed E-state index contributed by atoms with van der Waals surface area (Å²) in [7, 11) is -0.682. The molecule has 2 rings (SSSR count). The Morgan fingerprint density at radius 2 is 1.70 bits per heavy atom. The van der Waals surface area contributed by atoms with E-state index in [4.69, 9.17) is 14.0 Å². The summed E-state index contributed by atoms with van der Waals surface area (Å²) in [6, 6.07) is 4.89. The number of ether oxygens (including phenoxy) is 1. The second-order valence-electron chi connectivity index (χ2n) is 7.18. The van der Waals surface area contributed by atoms with Crippen LogP contribution in [0.25, 0.3) is 0 Å². The summed E-state index contributed by atoms with van der Waals surface area (Å²) in [5, 5.41) is 0. The number of hydrogen-bond acceptors (Lipinski definition) is 3. The van der Waals surface area contributed by atoms with E-state index in [1.807, 2.05) is 27.7 Å². The molecule has 0 saturated carbocycles. The highest BCUT2D eigenvalue weighted by Gasteiger charge is 2.52. The minimum absolute atomic E-state index is 0.352. The Morgan fingerprint density at radius 3 is 2.26 bits per heavy atom. The predicted molar refractivity (Wildman–Crippen MR) is 91.8 cm³/mol. The zero-order chi connectivity index (χ0) is 17.1. The molecule has 3 nitrogen and oxygen atoms in total. The largest absolute Gasteiger partial charge is 0.497 e. The summed E-state index contributed by atoms with van der Waals surface area (Å²) in [4.78, 5) is 0. The molecule has 0 N–H and O–H groups in total. The van der Waals surface area contributed by atoms with Crippen LogP contribution in [0.4, 0.5) is 4.39 Å². The van der Waals surface area contributed by atoms with Crippen LogP contribution in [0.15, 0.2) is 18.2 Å². The fourth-order valence-electron chi connectivity index (χ4n) is 2.48. The van der Waals surface area contributed by atoms with Crippen molar-refractivity contribution in [3.05, 3.63) is 24.0 Å². The lowest BCUT2D eigenvalue weighted by Gasteiger charge is -2.32. The lowest BCUT2D eigenvalue weighted by Crippen LogP contribution is -2.41. The maximum absolute atomic E-state index is 14.4. The third-order valence-corrected chi connectivity index (χ3v) is 4.75. The Labute approximate surface area is 139 Å². The molecule has 0 spiro atoms. The maximum atomic E-state index is 14.4. The third kappa shape index (κ3) is 4.27. The van der Waals surface area contributed by atoms with E-state index in [-0.39, 0.29) is 5.82 Å². The van der Waals surface area contributed by atoms with Crippen LogP contribution in [0.2, 0.25) is 0 Å². The van der Waals surface area contributed by atoms with Crippen molar-refractivity contribution >= 4 is 12.6 Å². The van der Waals surface area contributed by atoms with E-state index in [2.05, 4.69) is 6.92 Å². The molecule has 0 atom stereocenters. The average molecular weight is 322 g/mol. The summed E-state index contributed by atoms with van der Waals surface area (Å²) in [6.45, 7) is 10.6. The average Bonchev–Trinajstić information content (AvgIpc) is 2.67. The van der Waals surface area contributed by atoms with Gasteiger partial charge in [-0.25, -0.2) is 4.39 Å². The van der Waals surface area contributed by atoms with Crippen LogP contribution in [-0.4, -0.2) is 24.9 Å². The van der Waals surface area contributed by atoms with Gasteiger partial charge in [0, 0.05) is 11.5 Å². The van der Waals surface area contributed by atoms with Crippen LogP contribution >= 0.6 is 0 Å². The summed E-state index contributed by atoms with van der Waals surface area (Å²) in [5.41, 5.74) is -0.529. The molecule has 1 heterocycles. The molecule has 0 unspecified atom stereocenters. The second-order valence-corrected chi connectivity index (χ2v) is 7.18. The first kappa shape index (κ1) is 18.3. The maximum Gasteiger partial charge on any atom is 0.497 e. The van der Waals surface area contributed by atoms with Crippen molar-refractivity contribution < 1.29 is 18.4 Å². The molecule has 0 bridgehead atoms. The van der Waals surface area contributed by atoms with Crippen molar-refractivity contribution in [2.75, 3.05) is 6.61 Å². The van der Waals surface area contributed by atoms with Crippen molar-refractivity contribution in [3.8, 4) is 5.75 Å². The Hall–Kier alpha value is -1.07. The van der Waals surface area contributed by atoms with Gasteiger partial charge in [0.15, 0.2) is 0 Å². The highest BCUT2D eigenvalue weighted by atomic mass is 19.1. The lowest BCUT2D eigenvalue weighted by molar-refractivity contribution is 0.00578.